The Morgan fingerprint density at radius 1 is 0.213 bits per heavy atom. The van der Waals surface area contributed by atoms with Crippen molar-refractivity contribution in [3.63, 3.8) is 0 Å². The van der Waals surface area contributed by atoms with Gasteiger partial charge in [0.05, 0.1) is 79.3 Å². The van der Waals surface area contributed by atoms with Crippen LogP contribution in [-0.2, 0) is 191 Å². The Kier molecular flexibility index (Phi) is 30.1. The number of carbonyl (C=O) groups is 12. The Morgan fingerprint density at radius 2 is 0.324 bits per heavy atom. The lowest BCUT2D eigenvalue weighted by Gasteiger charge is -2.33. The van der Waals surface area contributed by atoms with Gasteiger partial charge >= 0.3 is 71.6 Å². The molecule has 27 heteroatoms. The lowest BCUT2D eigenvalue weighted by molar-refractivity contribution is -0.174. The summed E-state index contributed by atoms with van der Waals surface area (Å²) in [6.45, 7) is 15.1. The van der Waals surface area contributed by atoms with Gasteiger partial charge in [0, 0.05) is 72.7 Å². The van der Waals surface area contributed by atoms with Crippen molar-refractivity contribution >= 4 is 71.6 Å². The van der Waals surface area contributed by atoms with E-state index in [2.05, 4.69) is 0 Å². The number of benzene rings is 2. The predicted octanol–water partition coefficient (Wildman–Crippen LogP) is 7.89. The Morgan fingerprint density at radius 3 is 0.426 bits per heavy atom. The topological polar surface area (TPSA) is 354 Å². The number of rotatable bonds is 24. The lowest BCUT2D eigenvalue weighted by atomic mass is 9.72. The van der Waals surface area contributed by atoms with E-state index >= 15 is 57.5 Å². The molecule has 2 aromatic carbocycles. The molecule has 0 saturated heterocycles. The maximum absolute atomic E-state index is 15.4. The van der Waals surface area contributed by atoms with Crippen molar-refractivity contribution in [3.8, 4) is 0 Å². The second kappa shape index (κ2) is 38.4. The summed E-state index contributed by atoms with van der Waals surface area (Å²) in [7, 11) is 0. The van der Waals surface area contributed by atoms with Crippen LogP contribution in [-0.4, -0.2) is 166 Å². The molecule has 0 atom stereocenters. The van der Waals surface area contributed by atoms with Crippen LogP contribution in [0.25, 0.3) is 0 Å². The van der Waals surface area contributed by atoms with Crippen molar-refractivity contribution in [2.75, 3.05) is 79.3 Å². The molecular weight excluding hydrogens is 1400 g/mol. The fraction of sp³-hybridized carbons (Fsp3) is 0.519. The second-order valence-corrected chi connectivity index (χ2v) is 26.4. The number of nitrogens with zero attached hydrogens (tertiary/aromatic N) is 3. The van der Waals surface area contributed by atoms with Gasteiger partial charge < -0.3 is 56.8 Å². The Labute approximate surface area is 628 Å². The molecule has 0 N–H and O–H groups in total. The van der Waals surface area contributed by atoms with Gasteiger partial charge in [-0.2, -0.15) is 0 Å². The van der Waals surface area contributed by atoms with Crippen LogP contribution in [0.5, 0.6) is 0 Å². The highest BCUT2D eigenvalue weighted by Crippen LogP contribution is 2.43. The first kappa shape index (κ1) is 84.8. The van der Waals surface area contributed by atoms with E-state index in [-0.39, 0.29) is 147 Å². The van der Waals surface area contributed by atoms with E-state index in [1.807, 2.05) is 0 Å². The summed E-state index contributed by atoms with van der Waals surface area (Å²) in [6, 6.07) is 22.5. The van der Waals surface area contributed by atoms with Crippen LogP contribution >= 0.6 is 0 Å². The molecule has 3 aromatic heterocycles. The van der Waals surface area contributed by atoms with E-state index in [9.17, 15) is 0 Å². The quantitative estimate of drug-likeness (QED) is 0.0322. The average molecular weight is 1500 g/mol. The van der Waals surface area contributed by atoms with Gasteiger partial charge in [-0.05, 0) is 191 Å². The summed E-state index contributed by atoms with van der Waals surface area (Å²) in [5.41, 5.74) is -14.1. The molecule has 582 valence electrons. The number of carbonyl (C=O) groups excluding carboxylic acids is 12. The molecule has 0 saturated carbocycles. The molecule has 108 heavy (non-hydrogen) atoms. The van der Waals surface area contributed by atoms with Crippen molar-refractivity contribution < 1.29 is 114 Å². The highest BCUT2D eigenvalue weighted by molar-refractivity contribution is 6.05. The van der Waals surface area contributed by atoms with Crippen LogP contribution in [0.4, 0.5) is 0 Å². The number of hydrogen-bond acceptors (Lipinski definition) is 27. The Hall–Kier alpha value is -10.5. The molecule has 12 bridgehead atoms. The second-order valence-electron chi connectivity index (χ2n) is 26.4. The van der Waals surface area contributed by atoms with Crippen molar-refractivity contribution in [2.24, 2.45) is 32.5 Å². The molecule has 3 aliphatic rings. The van der Waals surface area contributed by atoms with Crippen molar-refractivity contribution in [3.05, 3.63) is 159 Å². The normalized spacial score (nSPS) is 16.1. The van der Waals surface area contributed by atoms with Crippen LogP contribution in [0.2, 0.25) is 0 Å². The minimum Gasteiger partial charge on any atom is -0.465 e. The monoisotopic (exact) mass is 1500 g/mol. The number of aromatic nitrogens is 3. The highest BCUT2D eigenvalue weighted by Gasteiger charge is 2.57. The van der Waals surface area contributed by atoms with E-state index in [0.29, 0.717) is 0 Å². The molecule has 5 aromatic rings. The third kappa shape index (κ3) is 19.1. The zero-order chi connectivity index (χ0) is 79.0. The minimum atomic E-state index is -2.43. The third-order valence-electron chi connectivity index (χ3n) is 18.7. The summed E-state index contributed by atoms with van der Waals surface area (Å²) in [6.07, 6.45) is -7.68. The predicted molar refractivity (Wildman–Crippen MR) is 384 cm³/mol. The van der Waals surface area contributed by atoms with Gasteiger partial charge in [-0.15, -0.1) is 0 Å². The molecule has 0 aliphatic carbocycles. The smallest absolute Gasteiger partial charge is 0.324 e. The molecule has 0 fully saturated rings. The van der Waals surface area contributed by atoms with Crippen LogP contribution in [0.1, 0.15) is 151 Å². The lowest BCUT2D eigenvalue weighted by Crippen LogP contribution is -2.48. The molecular formula is C81H99N3O24. The van der Waals surface area contributed by atoms with Crippen molar-refractivity contribution in [1.82, 2.24) is 15.0 Å². The molecule has 0 radical (unpaired) electrons. The number of ether oxygens (including phenoxy) is 12. The van der Waals surface area contributed by atoms with Gasteiger partial charge in [0.2, 0.25) is 0 Å². The highest BCUT2D eigenvalue weighted by atomic mass is 16.6. The van der Waals surface area contributed by atoms with Gasteiger partial charge in [0.1, 0.15) is 0 Å². The maximum Gasteiger partial charge on any atom is 0.324 e. The van der Waals surface area contributed by atoms with E-state index in [1.165, 1.54) is 174 Å². The third-order valence-corrected chi connectivity index (χ3v) is 18.7. The standard InChI is InChI=1S/C81H99N3O24/c1-13-97-64(85)76(65(86)98-14-2)40-52-34-53-36-54(35-52)42-78(68(89)101-17-5,69(90)102-18-6)49-61-31-27-33-63(84-61)51-81(74(95)107-23-11,75(96)108-24-12)45-57-38-55(43-79(70(91)103-19-7,71(92)104-20-8)47-59-29-25-28-58(46-76)82-59)37-56(39-57)44-80(72(93)105-21-9,73(94)106-22-10)50-62-32-26-30-60(83-62)48-77(41-53,66(87)99-15-3)67(88)100-16-4/h25-39H,13-24,40-51H2,1-12H3. The number of pyridine rings is 3. The molecule has 27 nitrogen and oxygen atoms in total. The van der Waals surface area contributed by atoms with Crippen LogP contribution in [0.3, 0.4) is 0 Å². The number of fused-ring (bicyclic) bond motifs is 12. The number of esters is 12. The molecule has 8 rings (SSSR count). The minimum absolute atomic E-state index is 0.0000730. The Bertz CT molecular complexity index is 3320. The molecule has 0 amide bonds. The van der Waals surface area contributed by atoms with Gasteiger partial charge in [0.15, 0.2) is 32.5 Å². The zero-order valence-electron chi connectivity index (χ0n) is 63.8. The molecule has 0 unspecified atom stereocenters. The number of hydrogen-bond donors (Lipinski definition) is 0. The molecule has 0 spiro atoms. The average Bonchev–Trinajstić information content (AvgIpc) is 0.766. The first-order chi connectivity index (χ1) is 51.7. The summed E-state index contributed by atoms with van der Waals surface area (Å²) in [5, 5.41) is 0. The van der Waals surface area contributed by atoms with Crippen molar-refractivity contribution in [2.45, 2.75) is 160 Å². The van der Waals surface area contributed by atoms with E-state index < -0.39 is 181 Å². The van der Waals surface area contributed by atoms with E-state index in [4.69, 9.17) is 71.8 Å². The van der Waals surface area contributed by atoms with E-state index in [0.717, 1.165) is 0 Å². The van der Waals surface area contributed by atoms with Crippen LogP contribution < -0.4 is 0 Å². The molecule has 6 heterocycles. The van der Waals surface area contributed by atoms with Crippen LogP contribution in [0, 0.1) is 32.5 Å². The summed E-state index contributed by atoms with van der Waals surface area (Å²) in [5.74, 6) is -13.2. The first-order valence-electron chi connectivity index (χ1n) is 36.9. The Balaban J connectivity index is 1.83. The maximum atomic E-state index is 15.4. The fourth-order valence-corrected chi connectivity index (χ4v) is 14.3. The van der Waals surface area contributed by atoms with Crippen LogP contribution in [0.15, 0.2) is 91.0 Å². The SMILES string of the molecule is CCOC(=O)C1(C(=O)OCC)Cc2cc3cc(c2)CC(C(=O)OCC)(C(=O)OCC)Cc2cccc(n2)CC(C(=O)OCC)(C(=O)OCC)Cc2cc(cc(c2)CC(C(=O)OCC)(C(=O)OCC)Cc2cccc(n2)CC(C(=O)OCC)(C(=O)OCC)C3)CC(C(=O)OCC)(C(=O)OCC)Cc2cccc(n2)C1. The van der Waals surface area contributed by atoms with Crippen molar-refractivity contribution in [1.29, 1.82) is 0 Å². The summed E-state index contributed by atoms with van der Waals surface area (Å²) < 4.78 is 70.1. The molecule has 3 aliphatic heterocycles. The largest absolute Gasteiger partial charge is 0.465 e. The fourth-order valence-electron chi connectivity index (χ4n) is 14.3. The summed E-state index contributed by atoms with van der Waals surface area (Å²) in [4.78, 5) is 200. The zero-order valence-corrected chi connectivity index (χ0v) is 63.8. The van der Waals surface area contributed by atoms with Gasteiger partial charge in [-0.25, -0.2) is 0 Å². The first-order valence-corrected chi connectivity index (χ1v) is 36.9. The van der Waals surface area contributed by atoms with E-state index in [1.54, 1.807) is 0 Å². The van der Waals surface area contributed by atoms with Gasteiger partial charge in [-0.1, -0.05) is 54.6 Å². The van der Waals surface area contributed by atoms with Gasteiger partial charge in [-0.3, -0.25) is 72.5 Å². The van der Waals surface area contributed by atoms with Gasteiger partial charge in [0.25, 0.3) is 0 Å². The summed E-state index contributed by atoms with van der Waals surface area (Å²) >= 11 is 0.